The van der Waals surface area contributed by atoms with E-state index >= 15 is 0 Å². The summed E-state index contributed by atoms with van der Waals surface area (Å²) < 4.78 is 0. The molecule has 0 aromatic carbocycles. The third-order valence-corrected chi connectivity index (χ3v) is 3.40. The third-order valence-electron chi connectivity index (χ3n) is 2.66. The van der Waals surface area contributed by atoms with Crippen LogP contribution < -0.4 is 5.73 Å². The fourth-order valence-electron chi connectivity index (χ4n) is 1.74. The van der Waals surface area contributed by atoms with Crippen molar-refractivity contribution in [2.75, 3.05) is 31.9 Å². The number of piperazine rings is 1. The SMILES string of the molecule is CC(=O)N1CCN(Cc2nnc(N)s2)CC1. The van der Waals surface area contributed by atoms with E-state index in [4.69, 9.17) is 5.73 Å². The van der Waals surface area contributed by atoms with E-state index in [2.05, 4.69) is 15.1 Å². The monoisotopic (exact) mass is 241 g/mol. The van der Waals surface area contributed by atoms with Crippen molar-refractivity contribution in [3.8, 4) is 0 Å². The molecule has 1 saturated heterocycles. The number of hydrogen-bond donors (Lipinski definition) is 1. The predicted octanol–water partition coefficient (Wildman–Crippen LogP) is -0.216. The maximum Gasteiger partial charge on any atom is 0.219 e. The molecule has 0 atom stereocenters. The van der Waals surface area contributed by atoms with E-state index in [1.807, 2.05) is 4.90 Å². The van der Waals surface area contributed by atoms with Crippen molar-refractivity contribution in [2.45, 2.75) is 13.5 Å². The smallest absolute Gasteiger partial charge is 0.219 e. The Morgan fingerprint density at radius 3 is 2.56 bits per heavy atom. The molecule has 1 aromatic rings. The number of nitrogen functional groups attached to an aromatic ring is 1. The number of nitrogens with zero attached hydrogens (tertiary/aromatic N) is 4. The number of amides is 1. The van der Waals surface area contributed by atoms with Crippen LogP contribution in [0.3, 0.4) is 0 Å². The second kappa shape index (κ2) is 4.75. The maximum absolute atomic E-state index is 11.1. The molecule has 2 rings (SSSR count). The van der Waals surface area contributed by atoms with Crippen LogP contribution in [0.1, 0.15) is 11.9 Å². The summed E-state index contributed by atoms with van der Waals surface area (Å²) in [6, 6.07) is 0. The van der Waals surface area contributed by atoms with Gasteiger partial charge in [-0.25, -0.2) is 0 Å². The molecule has 2 heterocycles. The molecule has 0 unspecified atom stereocenters. The lowest BCUT2D eigenvalue weighted by Crippen LogP contribution is -2.47. The molecule has 16 heavy (non-hydrogen) atoms. The van der Waals surface area contributed by atoms with Gasteiger partial charge in [0.15, 0.2) is 0 Å². The lowest BCUT2D eigenvalue weighted by atomic mass is 10.3. The summed E-state index contributed by atoms with van der Waals surface area (Å²) in [6.07, 6.45) is 0. The van der Waals surface area contributed by atoms with Crippen LogP contribution in [-0.2, 0) is 11.3 Å². The van der Waals surface area contributed by atoms with Crippen LogP contribution in [0.25, 0.3) is 0 Å². The van der Waals surface area contributed by atoms with E-state index in [1.54, 1.807) is 6.92 Å². The number of carbonyl (C=O) groups is 1. The molecule has 2 N–H and O–H groups in total. The van der Waals surface area contributed by atoms with E-state index < -0.39 is 0 Å². The summed E-state index contributed by atoms with van der Waals surface area (Å²) in [6.45, 7) is 5.76. The summed E-state index contributed by atoms with van der Waals surface area (Å²) in [5, 5.41) is 9.22. The third kappa shape index (κ3) is 2.67. The van der Waals surface area contributed by atoms with Gasteiger partial charge in [-0.15, -0.1) is 10.2 Å². The van der Waals surface area contributed by atoms with Gasteiger partial charge in [0.25, 0.3) is 0 Å². The van der Waals surface area contributed by atoms with Crippen LogP contribution in [0.15, 0.2) is 0 Å². The summed E-state index contributed by atoms with van der Waals surface area (Å²) in [4.78, 5) is 15.3. The van der Waals surface area contributed by atoms with Crippen LogP contribution >= 0.6 is 11.3 Å². The highest BCUT2D eigenvalue weighted by Gasteiger charge is 2.19. The molecule has 0 saturated carbocycles. The van der Waals surface area contributed by atoms with E-state index in [0.717, 1.165) is 37.7 Å². The van der Waals surface area contributed by atoms with Crippen LogP contribution in [0.2, 0.25) is 0 Å². The van der Waals surface area contributed by atoms with Crippen LogP contribution in [0, 0.1) is 0 Å². The Kier molecular flexibility index (Phi) is 3.35. The Morgan fingerprint density at radius 1 is 1.38 bits per heavy atom. The van der Waals surface area contributed by atoms with Gasteiger partial charge in [-0.05, 0) is 0 Å². The van der Waals surface area contributed by atoms with Crippen molar-refractivity contribution in [2.24, 2.45) is 0 Å². The number of aromatic nitrogens is 2. The van der Waals surface area contributed by atoms with Crippen LogP contribution in [-0.4, -0.2) is 52.1 Å². The van der Waals surface area contributed by atoms with Crippen LogP contribution in [0.5, 0.6) is 0 Å². The Balaban J connectivity index is 1.83. The molecule has 6 nitrogen and oxygen atoms in total. The molecule has 0 aliphatic carbocycles. The van der Waals surface area contributed by atoms with Gasteiger partial charge in [-0.1, -0.05) is 11.3 Å². The van der Waals surface area contributed by atoms with Crippen molar-refractivity contribution < 1.29 is 4.79 Å². The minimum absolute atomic E-state index is 0.153. The van der Waals surface area contributed by atoms with Crippen molar-refractivity contribution in [3.63, 3.8) is 0 Å². The molecule has 1 aliphatic heterocycles. The Bertz CT molecular complexity index is 372. The summed E-state index contributed by atoms with van der Waals surface area (Å²) >= 11 is 1.42. The second-order valence-electron chi connectivity index (χ2n) is 3.82. The van der Waals surface area contributed by atoms with Gasteiger partial charge in [0.05, 0.1) is 6.54 Å². The van der Waals surface area contributed by atoms with Gasteiger partial charge in [0.1, 0.15) is 5.01 Å². The molecule has 88 valence electrons. The highest BCUT2D eigenvalue weighted by molar-refractivity contribution is 7.15. The Labute approximate surface area is 98.0 Å². The molecule has 0 spiro atoms. The maximum atomic E-state index is 11.1. The summed E-state index contributed by atoms with van der Waals surface area (Å²) in [7, 11) is 0. The van der Waals surface area contributed by atoms with Crippen molar-refractivity contribution in [1.82, 2.24) is 20.0 Å². The molecule has 1 amide bonds. The van der Waals surface area contributed by atoms with Gasteiger partial charge >= 0.3 is 0 Å². The number of anilines is 1. The molecule has 1 aromatic heterocycles. The lowest BCUT2D eigenvalue weighted by molar-refractivity contribution is -0.130. The average molecular weight is 241 g/mol. The zero-order valence-electron chi connectivity index (χ0n) is 9.22. The molecule has 1 fully saturated rings. The summed E-state index contributed by atoms with van der Waals surface area (Å²) in [5.41, 5.74) is 5.52. The first kappa shape index (κ1) is 11.3. The fraction of sp³-hybridized carbons (Fsp3) is 0.667. The highest BCUT2D eigenvalue weighted by Crippen LogP contribution is 2.14. The quantitative estimate of drug-likeness (QED) is 0.775. The van der Waals surface area contributed by atoms with Gasteiger partial charge in [0, 0.05) is 33.1 Å². The molecule has 0 radical (unpaired) electrons. The lowest BCUT2D eigenvalue weighted by Gasteiger charge is -2.33. The van der Waals surface area contributed by atoms with Gasteiger partial charge in [0.2, 0.25) is 11.0 Å². The van der Waals surface area contributed by atoms with E-state index in [9.17, 15) is 4.79 Å². The Hall–Kier alpha value is -1.21. The average Bonchev–Trinajstić information content (AvgIpc) is 2.65. The Morgan fingerprint density at radius 2 is 2.06 bits per heavy atom. The minimum atomic E-state index is 0.153. The van der Waals surface area contributed by atoms with Gasteiger partial charge in [-0.3, -0.25) is 9.69 Å². The second-order valence-corrected chi connectivity index (χ2v) is 4.91. The zero-order chi connectivity index (χ0) is 11.5. The van der Waals surface area contributed by atoms with Crippen LogP contribution in [0.4, 0.5) is 5.13 Å². The van der Waals surface area contributed by atoms with E-state index in [-0.39, 0.29) is 5.91 Å². The topological polar surface area (TPSA) is 75.4 Å². The van der Waals surface area contributed by atoms with Crippen molar-refractivity contribution >= 4 is 22.4 Å². The first-order valence-corrected chi connectivity index (χ1v) is 6.02. The predicted molar refractivity (Wildman–Crippen MR) is 61.9 cm³/mol. The number of nitrogens with two attached hydrogens (primary N) is 1. The van der Waals surface area contributed by atoms with E-state index in [0.29, 0.717) is 5.13 Å². The standard InChI is InChI=1S/C9H15N5OS/c1-7(15)14-4-2-13(3-5-14)6-8-11-12-9(10)16-8/h2-6H2,1H3,(H2,10,12). The number of rotatable bonds is 2. The first-order valence-electron chi connectivity index (χ1n) is 5.21. The molecule has 0 bridgehead atoms. The summed E-state index contributed by atoms with van der Waals surface area (Å²) in [5.74, 6) is 0.153. The van der Waals surface area contributed by atoms with Crippen molar-refractivity contribution in [1.29, 1.82) is 0 Å². The largest absolute Gasteiger partial charge is 0.374 e. The first-order chi connectivity index (χ1) is 7.65. The fourth-order valence-corrected chi connectivity index (χ4v) is 2.39. The van der Waals surface area contributed by atoms with E-state index in [1.165, 1.54) is 11.3 Å². The molecular formula is C9H15N5OS. The molecular weight excluding hydrogens is 226 g/mol. The highest BCUT2D eigenvalue weighted by atomic mass is 32.1. The molecule has 1 aliphatic rings. The number of hydrogen-bond acceptors (Lipinski definition) is 6. The van der Waals surface area contributed by atoms with Gasteiger partial charge < -0.3 is 10.6 Å². The van der Waals surface area contributed by atoms with Gasteiger partial charge in [-0.2, -0.15) is 0 Å². The molecule has 7 heteroatoms. The zero-order valence-corrected chi connectivity index (χ0v) is 10.0. The number of carbonyl (C=O) groups excluding carboxylic acids is 1. The van der Waals surface area contributed by atoms with Crippen molar-refractivity contribution in [3.05, 3.63) is 5.01 Å². The normalized spacial score (nSPS) is 17.7. The minimum Gasteiger partial charge on any atom is -0.374 e.